The van der Waals surface area contributed by atoms with Crippen LogP contribution in [-0.2, 0) is 4.79 Å². The highest BCUT2D eigenvalue weighted by atomic mass is 19.1. The molecule has 3 nitrogen and oxygen atoms in total. The van der Waals surface area contributed by atoms with E-state index in [9.17, 15) is 14.3 Å². The fourth-order valence-electron chi connectivity index (χ4n) is 2.80. The second-order valence-electron chi connectivity index (χ2n) is 5.95. The summed E-state index contributed by atoms with van der Waals surface area (Å²) in [5.41, 5.74) is 3.87. The van der Waals surface area contributed by atoms with Crippen molar-refractivity contribution in [3.8, 4) is 28.0 Å². The Bertz CT molecular complexity index is 950. The lowest BCUT2D eigenvalue weighted by molar-refractivity contribution is -0.114. The van der Waals surface area contributed by atoms with E-state index in [0.717, 1.165) is 11.1 Å². The van der Waals surface area contributed by atoms with Crippen LogP contribution >= 0.6 is 0 Å². The second-order valence-corrected chi connectivity index (χ2v) is 5.95. The van der Waals surface area contributed by atoms with Gasteiger partial charge in [0.05, 0.1) is 5.69 Å². The van der Waals surface area contributed by atoms with Gasteiger partial charge in [0.1, 0.15) is 11.6 Å². The third kappa shape index (κ3) is 3.53. The van der Waals surface area contributed by atoms with E-state index in [0.29, 0.717) is 16.7 Å². The van der Waals surface area contributed by atoms with Crippen LogP contribution in [0.3, 0.4) is 0 Å². The molecule has 0 radical (unpaired) electrons. The van der Waals surface area contributed by atoms with Crippen molar-refractivity contribution in [2.45, 2.75) is 13.8 Å². The van der Waals surface area contributed by atoms with Crippen molar-refractivity contribution in [2.75, 3.05) is 5.32 Å². The molecule has 0 heterocycles. The number of benzene rings is 3. The van der Waals surface area contributed by atoms with E-state index in [2.05, 4.69) is 5.32 Å². The molecule has 0 spiro atoms. The van der Waals surface area contributed by atoms with Crippen LogP contribution in [0.2, 0.25) is 0 Å². The molecule has 2 N–H and O–H groups in total. The minimum absolute atomic E-state index is 0.0970. The molecule has 0 aliphatic heterocycles. The number of hydrogen-bond acceptors (Lipinski definition) is 2. The quantitative estimate of drug-likeness (QED) is 0.697. The summed E-state index contributed by atoms with van der Waals surface area (Å²) < 4.78 is 14.2. The topological polar surface area (TPSA) is 49.3 Å². The first-order valence-electron chi connectivity index (χ1n) is 7.92. The van der Waals surface area contributed by atoms with Crippen LogP contribution in [0.4, 0.5) is 10.1 Å². The van der Waals surface area contributed by atoms with Gasteiger partial charge in [0, 0.05) is 18.1 Å². The van der Waals surface area contributed by atoms with Gasteiger partial charge in [0.25, 0.3) is 0 Å². The number of rotatable bonds is 3. The highest BCUT2D eigenvalue weighted by Crippen LogP contribution is 2.38. The molecule has 3 rings (SSSR count). The fourth-order valence-corrected chi connectivity index (χ4v) is 2.80. The summed E-state index contributed by atoms with van der Waals surface area (Å²) in [6.07, 6.45) is 0. The van der Waals surface area contributed by atoms with Gasteiger partial charge in [-0.05, 0) is 30.2 Å². The fraction of sp³-hybridized carbons (Fsp3) is 0.0952. The normalized spacial score (nSPS) is 10.5. The molecule has 0 saturated heterocycles. The number of aromatic hydroxyl groups is 1. The summed E-state index contributed by atoms with van der Waals surface area (Å²) in [7, 11) is 0. The number of phenolic OH excluding ortho intramolecular Hbond substituents is 1. The third-order valence-corrected chi connectivity index (χ3v) is 3.96. The lowest BCUT2D eigenvalue weighted by Crippen LogP contribution is -2.07. The van der Waals surface area contributed by atoms with Gasteiger partial charge in [-0.15, -0.1) is 0 Å². The zero-order valence-corrected chi connectivity index (χ0v) is 14.0. The Morgan fingerprint density at radius 1 is 0.960 bits per heavy atom. The lowest BCUT2D eigenvalue weighted by atomic mass is 9.96. The van der Waals surface area contributed by atoms with Crippen LogP contribution in [0.25, 0.3) is 22.3 Å². The van der Waals surface area contributed by atoms with Crippen molar-refractivity contribution in [1.82, 2.24) is 0 Å². The van der Waals surface area contributed by atoms with Crippen molar-refractivity contribution in [1.29, 1.82) is 0 Å². The molecule has 0 atom stereocenters. The number of hydrogen-bond donors (Lipinski definition) is 2. The van der Waals surface area contributed by atoms with Gasteiger partial charge in [-0.25, -0.2) is 4.39 Å². The number of carbonyl (C=O) groups excluding carboxylic acids is 1. The third-order valence-electron chi connectivity index (χ3n) is 3.96. The molecule has 1 amide bonds. The first kappa shape index (κ1) is 16.7. The molecule has 0 bridgehead atoms. The Hall–Kier alpha value is -3.14. The van der Waals surface area contributed by atoms with E-state index in [1.54, 1.807) is 12.1 Å². The van der Waals surface area contributed by atoms with Crippen LogP contribution in [0, 0.1) is 12.7 Å². The summed E-state index contributed by atoms with van der Waals surface area (Å²) in [6.45, 7) is 3.31. The van der Waals surface area contributed by atoms with E-state index >= 15 is 0 Å². The number of carbonyl (C=O) groups is 1. The van der Waals surface area contributed by atoms with E-state index in [1.165, 1.54) is 19.1 Å². The van der Waals surface area contributed by atoms with Gasteiger partial charge < -0.3 is 10.4 Å². The molecular formula is C21H18FNO2. The largest absolute Gasteiger partial charge is 0.507 e. The summed E-state index contributed by atoms with van der Waals surface area (Å²) >= 11 is 0. The van der Waals surface area contributed by atoms with Crippen molar-refractivity contribution >= 4 is 11.6 Å². The number of halogens is 1. The van der Waals surface area contributed by atoms with Gasteiger partial charge in [0.2, 0.25) is 5.91 Å². The average molecular weight is 335 g/mol. The molecular weight excluding hydrogens is 317 g/mol. The molecule has 0 fully saturated rings. The predicted molar refractivity (Wildman–Crippen MR) is 98.0 cm³/mol. The Morgan fingerprint density at radius 3 is 2.20 bits per heavy atom. The van der Waals surface area contributed by atoms with Gasteiger partial charge >= 0.3 is 0 Å². The number of nitrogens with one attached hydrogen (secondary N) is 1. The Balaban J connectivity index is 2.05. The standard InChI is InChI=1S/C21H18FNO2/c1-13-5-3-6-15(11-13)17-7-4-8-18(21(17)25)16-9-10-20(19(22)12-16)23-14(2)24/h3-12,25H,1-2H3,(H,23,24). The minimum atomic E-state index is -0.548. The monoisotopic (exact) mass is 335 g/mol. The molecule has 0 unspecified atom stereocenters. The maximum atomic E-state index is 14.2. The average Bonchev–Trinajstić information content (AvgIpc) is 2.56. The van der Waals surface area contributed by atoms with E-state index < -0.39 is 5.82 Å². The molecule has 0 aliphatic rings. The van der Waals surface area contributed by atoms with Crippen molar-refractivity contribution in [2.24, 2.45) is 0 Å². The highest BCUT2D eigenvalue weighted by Gasteiger charge is 2.13. The minimum Gasteiger partial charge on any atom is -0.507 e. The van der Waals surface area contributed by atoms with Crippen LogP contribution in [0.5, 0.6) is 5.75 Å². The van der Waals surface area contributed by atoms with Gasteiger partial charge in [-0.1, -0.05) is 54.1 Å². The Labute approximate surface area is 145 Å². The van der Waals surface area contributed by atoms with E-state index in [4.69, 9.17) is 0 Å². The summed E-state index contributed by atoms with van der Waals surface area (Å²) in [5.74, 6) is -0.788. The van der Waals surface area contributed by atoms with Crippen molar-refractivity contribution in [3.63, 3.8) is 0 Å². The number of para-hydroxylation sites is 1. The van der Waals surface area contributed by atoms with Gasteiger partial charge in [0.15, 0.2) is 0 Å². The maximum absolute atomic E-state index is 14.2. The Kier molecular flexibility index (Phi) is 4.52. The molecule has 0 aliphatic carbocycles. The van der Waals surface area contributed by atoms with Crippen molar-refractivity contribution in [3.05, 3.63) is 72.0 Å². The van der Waals surface area contributed by atoms with Crippen LogP contribution in [0.1, 0.15) is 12.5 Å². The zero-order valence-electron chi connectivity index (χ0n) is 14.0. The smallest absolute Gasteiger partial charge is 0.221 e. The summed E-state index contributed by atoms with van der Waals surface area (Å²) in [4.78, 5) is 11.1. The molecule has 0 saturated carbocycles. The first-order valence-corrected chi connectivity index (χ1v) is 7.92. The van der Waals surface area contributed by atoms with E-state index in [-0.39, 0.29) is 17.3 Å². The second kappa shape index (κ2) is 6.77. The lowest BCUT2D eigenvalue weighted by Gasteiger charge is -2.12. The highest BCUT2D eigenvalue weighted by molar-refractivity contribution is 5.89. The van der Waals surface area contributed by atoms with Crippen LogP contribution in [-0.4, -0.2) is 11.0 Å². The van der Waals surface area contributed by atoms with Gasteiger partial charge in [-0.3, -0.25) is 4.79 Å². The summed E-state index contributed by atoms with van der Waals surface area (Å²) in [6, 6.07) is 17.7. The van der Waals surface area contributed by atoms with Crippen LogP contribution < -0.4 is 5.32 Å². The number of aryl methyl sites for hydroxylation is 1. The number of phenols is 1. The Morgan fingerprint density at radius 2 is 1.60 bits per heavy atom. The molecule has 3 aromatic rings. The number of anilines is 1. The molecule has 25 heavy (non-hydrogen) atoms. The van der Waals surface area contributed by atoms with E-state index in [1.807, 2.05) is 43.3 Å². The molecule has 4 heteroatoms. The van der Waals surface area contributed by atoms with Gasteiger partial charge in [-0.2, -0.15) is 0 Å². The first-order chi connectivity index (χ1) is 12.0. The predicted octanol–water partition coefficient (Wildman–Crippen LogP) is 5.13. The maximum Gasteiger partial charge on any atom is 0.221 e. The number of amides is 1. The zero-order chi connectivity index (χ0) is 18.0. The van der Waals surface area contributed by atoms with Crippen LogP contribution in [0.15, 0.2) is 60.7 Å². The molecule has 0 aromatic heterocycles. The SMILES string of the molecule is CC(=O)Nc1ccc(-c2cccc(-c3cccc(C)c3)c2O)cc1F. The summed E-state index contributed by atoms with van der Waals surface area (Å²) in [5, 5.41) is 13.1. The molecule has 3 aromatic carbocycles. The van der Waals surface area contributed by atoms with Crippen molar-refractivity contribution < 1.29 is 14.3 Å². The molecule has 126 valence electrons.